The van der Waals surface area contributed by atoms with E-state index in [1.54, 1.807) is 11.3 Å². The number of guanidine groups is 1. The maximum absolute atomic E-state index is 6.02. The van der Waals surface area contributed by atoms with Gasteiger partial charge in [0.05, 0.1) is 23.8 Å². The third kappa shape index (κ3) is 5.53. The minimum atomic E-state index is 0.532. The Morgan fingerprint density at radius 3 is 2.93 bits per heavy atom. The Hall–Kier alpha value is -2.45. The SMILES string of the molecule is CCNC(=NCCc1nc(-c2cccc(Cl)c2)no1)N(C)Cc1csc(C)n1. The maximum Gasteiger partial charge on any atom is 0.228 e. The number of hydrogen-bond acceptors (Lipinski definition) is 6. The monoisotopic (exact) mass is 418 g/mol. The fraction of sp³-hybridized carbons (Fsp3) is 0.368. The molecule has 1 N–H and O–H groups in total. The van der Waals surface area contributed by atoms with Gasteiger partial charge in [-0.25, -0.2) is 4.98 Å². The smallest absolute Gasteiger partial charge is 0.228 e. The average Bonchev–Trinajstić information content (AvgIpc) is 3.30. The average molecular weight is 419 g/mol. The van der Waals surface area contributed by atoms with Crippen LogP contribution in [0.25, 0.3) is 11.4 Å². The van der Waals surface area contributed by atoms with Crippen LogP contribution in [0.4, 0.5) is 0 Å². The molecule has 28 heavy (non-hydrogen) atoms. The molecule has 3 aromatic rings. The van der Waals surface area contributed by atoms with Crippen molar-refractivity contribution in [2.75, 3.05) is 20.1 Å². The Morgan fingerprint density at radius 2 is 2.21 bits per heavy atom. The molecule has 0 aliphatic carbocycles. The van der Waals surface area contributed by atoms with E-state index in [1.165, 1.54) is 0 Å². The lowest BCUT2D eigenvalue weighted by atomic mass is 10.2. The van der Waals surface area contributed by atoms with Crippen LogP contribution in [-0.4, -0.2) is 46.1 Å². The van der Waals surface area contributed by atoms with E-state index in [0.29, 0.717) is 36.2 Å². The molecular weight excluding hydrogens is 396 g/mol. The van der Waals surface area contributed by atoms with Gasteiger partial charge in [0.2, 0.25) is 11.7 Å². The van der Waals surface area contributed by atoms with Gasteiger partial charge in [0.15, 0.2) is 5.96 Å². The lowest BCUT2D eigenvalue weighted by molar-refractivity contribution is 0.380. The van der Waals surface area contributed by atoms with Gasteiger partial charge in [-0.05, 0) is 26.0 Å². The van der Waals surface area contributed by atoms with Crippen molar-refractivity contribution in [1.82, 2.24) is 25.3 Å². The number of halogens is 1. The van der Waals surface area contributed by atoms with Crippen molar-refractivity contribution in [1.29, 1.82) is 0 Å². The molecule has 0 fully saturated rings. The number of thiazole rings is 1. The second-order valence-electron chi connectivity index (χ2n) is 6.22. The van der Waals surface area contributed by atoms with E-state index in [2.05, 4.69) is 35.7 Å². The molecule has 0 aliphatic heterocycles. The molecule has 0 unspecified atom stereocenters. The van der Waals surface area contributed by atoms with Crippen LogP contribution in [0.5, 0.6) is 0 Å². The van der Waals surface area contributed by atoms with Crippen LogP contribution in [0, 0.1) is 6.92 Å². The predicted octanol–water partition coefficient (Wildman–Crippen LogP) is 3.79. The van der Waals surface area contributed by atoms with E-state index < -0.39 is 0 Å². The normalized spacial score (nSPS) is 11.6. The van der Waals surface area contributed by atoms with Crippen molar-refractivity contribution in [2.24, 2.45) is 4.99 Å². The highest BCUT2D eigenvalue weighted by atomic mass is 35.5. The molecule has 3 rings (SSSR count). The molecule has 0 saturated heterocycles. The number of benzene rings is 1. The first-order valence-corrected chi connectivity index (χ1v) is 10.3. The zero-order valence-electron chi connectivity index (χ0n) is 16.1. The van der Waals surface area contributed by atoms with E-state index in [4.69, 9.17) is 16.1 Å². The van der Waals surface area contributed by atoms with E-state index >= 15 is 0 Å². The molecule has 7 nitrogen and oxygen atoms in total. The summed E-state index contributed by atoms with van der Waals surface area (Å²) in [7, 11) is 2.00. The summed E-state index contributed by atoms with van der Waals surface area (Å²) in [6, 6.07) is 7.39. The van der Waals surface area contributed by atoms with Crippen molar-refractivity contribution in [3.05, 3.63) is 51.3 Å². The molecule has 2 aromatic heterocycles. The van der Waals surface area contributed by atoms with Gasteiger partial charge in [0.1, 0.15) is 0 Å². The standard InChI is InChI=1S/C19H23ClN6OS/c1-4-21-19(26(3)11-16-12-28-13(2)23-16)22-9-8-17-24-18(25-27-17)14-6-5-7-15(20)10-14/h5-7,10,12H,4,8-9,11H2,1-3H3,(H,21,22). The summed E-state index contributed by atoms with van der Waals surface area (Å²) in [6.45, 7) is 6.09. The zero-order valence-corrected chi connectivity index (χ0v) is 17.7. The van der Waals surface area contributed by atoms with Gasteiger partial charge >= 0.3 is 0 Å². The fourth-order valence-corrected chi connectivity index (χ4v) is 3.42. The molecule has 0 saturated carbocycles. The fourth-order valence-electron chi connectivity index (χ4n) is 2.63. The van der Waals surface area contributed by atoms with Crippen LogP contribution < -0.4 is 5.32 Å². The third-order valence-electron chi connectivity index (χ3n) is 3.90. The Balaban J connectivity index is 1.60. The topological polar surface area (TPSA) is 79.4 Å². The predicted molar refractivity (Wildman–Crippen MR) is 113 cm³/mol. The number of nitrogens with zero attached hydrogens (tertiary/aromatic N) is 5. The van der Waals surface area contributed by atoms with Crippen LogP contribution in [0.15, 0.2) is 39.2 Å². The quantitative estimate of drug-likeness (QED) is 0.464. The second kappa shape index (κ2) is 9.66. The largest absolute Gasteiger partial charge is 0.357 e. The Bertz CT molecular complexity index is 938. The van der Waals surface area contributed by atoms with Gasteiger partial charge in [-0.3, -0.25) is 4.99 Å². The summed E-state index contributed by atoms with van der Waals surface area (Å²) in [5.74, 6) is 1.90. The van der Waals surface area contributed by atoms with Gasteiger partial charge < -0.3 is 14.7 Å². The van der Waals surface area contributed by atoms with Crippen molar-refractivity contribution >= 4 is 28.9 Å². The lowest BCUT2D eigenvalue weighted by Gasteiger charge is -2.21. The van der Waals surface area contributed by atoms with Crippen LogP contribution in [0.1, 0.15) is 23.5 Å². The molecule has 2 heterocycles. The Morgan fingerprint density at radius 1 is 1.36 bits per heavy atom. The number of hydrogen-bond donors (Lipinski definition) is 1. The molecule has 0 aliphatic rings. The van der Waals surface area contributed by atoms with E-state index in [9.17, 15) is 0 Å². The zero-order chi connectivity index (χ0) is 19.9. The van der Waals surface area contributed by atoms with Crippen molar-refractivity contribution < 1.29 is 4.52 Å². The van der Waals surface area contributed by atoms with Crippen LogP contribution in [-0.2, 0) is 13.0 Å². The van der Waals surface area contributed by atoms with Crippen molar-refractivity contribution in [3.63, 3.8) is 0 Å². The van der Waals surface area contributed by atoms with Gasteiger partial charge in [-0.2, -0.15) is 4.98 Å². The van der Waals surface area contributed by atoms with E-state index in [0.717, 1.165) is 28.8 Å². The molecule has 0 spiro atoms. The highest BCUT2D eigenvalue weighted by Gasteiger charge is 2.11. The van der Waals surface area contributed by atoms with Gasteiger partial charge in [0, 0.05) is 36.0 Å². The van der Waals surface area contributed by atoms with Crippen molar-refractivity contribution in [3.8, 4) is 11.4 Å². The minimum absolute atomic E-state index is 0.532. The summed E-state index contributed by atoms with van der Waals surface area (Å²) in [6.07, 6.45) is 0.562. The van der Waals surface area contributed by atoms with Crippen LogP contribution in [0.3, 0.4) is 0 Å². The number of rotatable bonds is 7. The molecule has 0 atom stereocenters. The molecule has 148 valence electrons. The first-order valence-electron chi connectivity index (χ1n) is 9.04. The summed E-state index contributed by atoms with van der Waals surface area (Å²) < 4.78 is 5.34. The van der Waals surface area contributed by atoms with Gasteiger partial charge in [0.25, 0.3) is 0 Å². The molecule has 9 heteroatoms. The van der Waals surface area contributed by atoms with Gasteiger partial charge in [-0.15, -0.1) is 11.3 Å². The lowest BCUT2D eigenvalue weighted by Crippen LogP contribution is -2.38. The third-order valence-corrected chi connectivity index (χ3v) is 4.96. The van der Waals surface area contributed by atoms with Crippen molar-refractivity contribution in [2.45, 2.75) is 26.8 Å². The molecule has 1 aromatic carbocycles. The summed E-state index contributed by atoms with van der Waals surface area (Å²) in [5, 5.41) is 11.1. The highest BCUT2D eigenvalue weighted by molar-refractivity contribution is 7.09. The number of aliphatic imine (C=N–C) groups is 1. The Kier molecular flexibility index (Phi) is 7.00. The molecule has 0 radical (unpaired) electrons. The first kappa shape index (κ1) is 20.3. The number of nitrogens with one attached hydrogen (secondary N) is 1. The summed E-state index contributed by atoms with van der Waals surface area (Å²) >= 11 is 7.67. The molecule has 0 bridgehead atoms. The van der Waals surface area contributed by atoms with Crippen LogP contribution in [0.2, 0.25) is 5.02 Å². The molecule has 0 amide bonds. The van der Waals surface area contributed by atoms with E-state index in [1.807, 2.05) is 45.2 Å². The highest BCUT2D eigenvalue weighted by Crippen LogP contribution is 2.20. The van der Waals surface area contributed by atoms with E-state index in [-0.39, 0.29) is 0 Å². The minimum Gasteiger partial charge on any atom is -0.357 e. The second-order valence-corrected chi connectivity index (χ2v) is 7.72. The summed E-state index contributed by atoms with van der Waals surface area (Å²) in [5.41, 5.74) is 1.87. The van der Waals surface area contributed by atoms with Gasteiger partial charge in [-0.1, -0.05) is 28.9 Å². The molecular formula is C19H23ClN6OS. The first-order chi connectivity index (χ1) is 13.5. The summed E-state index contributed by atoms with van der Waals surface area (Å²) in [4.78, 5) is 15.7. The maximum atomic E-state index is 6.02. The number of aromatic nitrogens is 3. The number of aryl methyl sites for hydroxylation is 1. The van der Waals surface area contributed by atoms with Crippen LogP contribution >= 0.6 is 22.9 Å². The Labute approximate surface area is 173 Å².